The number of sulfonamides is 1. The summed E-state index contributed by atoms with van der Waals surface area (Å²) in [5.74, 6) is -0.572. The van der Waals surface area contributed by atoms with Crippen LogP contribution in [-0.2, 0) is 14.8 Å². The highest BCUT2D eigenvalue weighted by atomic mass is 32.2. The molecule has 0 saturated carbocycles. The zero-order valence-corrected chi connectivity index (χ0v) is 13.1. The molecule has 1 N–H and O–H groups in total. The van der Waals surface area contributed by atoms with Gasteiger partial charge in [-0.25, -0.2) is 17.5 Å². The average molecular weight is 315 g/mol. The van der Waals surface area contributed by atoms with Crippen molar-refractivity contribution in [3.8, 4) is 0 Å². The summed E-state index contributed by atoms with van der Waals surface area (Å²) in [5.41, 5.74) is 0.201. The first-order valence-corrected chi connectivity index (χ1v) is 8.13. The molecule has 21 heavy (non-hydrogen) atoms. The molecule has 0 aromatic heterocycles. The highest BCUT2D eigenvalue weighted by Crippen LogP contribution is 2.17. The number of carbonyl (C=O) groups excluding carboxylic acids is 1. The lowest BCUT2D eigenvalue weighted by molar-refractivity contribution is 0.0600. The fraction of sp³-hybridized carbons (Fsp3) is 0.500. The number of nitrogens with zero attached hydrogens (tertiary/aromatic N) is 1. The van der Waals surface area contributed by atoms with Crippen LogP contribution in [0.2, 0.25) is 0 Å². The molecule has 0 saturated heterocycles. The Hall–Kier alpha value is -1.44. The van der Waals surface area contributed by atoms with Crippen molar-refractivity contribution in [3.63, 3.8) is 0 Å². The van der Waals surface area contributed by atoms with Gasteiger partial charge in [-0.05, 0) is 37.5 Å². The molecular weight excluding hydrogens is 294 g/mol. The molecule has 0 fully saturated rings. The minimum Gasteiger partial charge on any atom is -0.465 e. The molecule has 0 unspecified atom stereocenters. The molecule has 0 radical (unpaired) electrons. The van der Waals surface area contributed by atoms with Crippen LogP contribution >= 0.6 is 0 Å². The van der Waals surface area contributed by atoms with E-state index < -0.39 is 16.0 Å². The molecule has 1 aromatic rings. The second kappa shape index (κ2) is 8.11. The van der Waals surface area contributed by atoms with Crippen molar-refractivity contribution in [3.05, 3.63) is 29.8 Å². The lowest BCUT2D eigenvalue weighted by atomic mass is 10.2. The van der Waals surface area contributed by atoms with Gasteiger partial charge in [-0.15, -0.1) is 0 Å². The molecule has 0 amide bonds. The first-order valence-electron chi connectivity index (χ1n) is 6.69. The van der Waals surface area contributed by atoms with Crippen LogP contribution in [0.4, 0.5) is 0 Å². The fourth-order valence-electron chi connectivity index (χ4n) is 1.82. The third-order valence-corrected chi connectivity index (χ3v) is 4.95. The molecule has 0 aliphatic rings. The monoisotopic (exact) mass is 315 g/mol. The van der Waals surface area contributed by atoms with Gasteiger partial charge in [0.1, 0.15) is 0 Å². The Kier molecular flexibility index (Phi) is 6.80. The summed E-state index contributed by atoms with van der Waals surface area (Å²) in [4.78, 5) is 11.5. The molecule has 0 heterocycles. The number of unbranched alkanes of at least 4 members (excludes halogenated alkanes) is 2. The number of aliphatic hydroxyl groups excluding tert-OH is 1. The van der Waals surface area contributed by atoms with Crippen LogP contribution < -0.4 is 0 Å². The highest BCUT2D eigenvalue weighted by molar-refractivity contribution is 7.89. The molecule has 6 nitrogen and oxygen atoms in total. The Balaban J connectivity index is 2.84. The molecule has 1 aromatic carbocycles. The molecule has 0 aliphatic heterocycles. The van der Waals surface area contributed by atoms with E-state index in [0.717, 1.165) is 6.42 Å². The maximum absolute atomic E-state index is 12.4. The Bertz CT molecular complexity index is 570. The Morgan fingerprint density at radius 3 is 2.62 bits per heavy atom. The maximum atomic E-state index is 12.4. The predicted molar refractivity (Wildman–Crippen MR) is 78.5 cm³/mol. The maximum Gasteiger partial charge on any atom is 0.337 e. The van der Waals surface area contributed by atoms with Gasteiger partial charge in [-0.3, -0.25) is 0 Å². The van der Waals surface area contributed by atoms with Crippen molar-refractivity contribution >= 4 is 16.0 Å². The highest BCUT2D eigenvalue weighted by Gasteiger charge is 2.21. The van der Waals surface area contributed by atoms with Gasteiger partial charge in [0.15, 0.2) is 0 Å². The van der Waals surface area contributed by atoms with E-state index in [0.29, 0.717) is 19.4 Å². The van der Waals surface area contributed by atoms with E-state index in [-0.39, 0.29) is 17.1 Å². The van der Waals surface area contributed by atoms with Crippen LogP contribution in [0, 0.1) is 0 Å². The van der Waals surface area contributed by atoms with E-state index in [4.69, 9.17) is 5.11 Å². The number of aliphatic hydroxyl groups is 1. The van der Waals surface area contributed by atoms with E-state index in [9.17, 15) is 13.2 Å². The second-order valence-electron chi connectivity index (χ2n) is 4.63. The van der Waals surface area contributed by atoms with Crippen molar-refractivity contribution in [2.45, 2.75) is 24.2 Å². The largest absolute Gasteiger partial charge is 0.465 e. The standard InChI is InChI=1S/C14H21NO5S/c1-15(9-4-3-5-10-16)21(18,19)13-8-6-7-12(11-13)14(17)20-2/h6-8,11,16H,3-5,9-10H2,1-2H3. The van der Waals surface area contributed by atoms with E-state index in [1.807, 2.05) is 0 Å². The van der Waals surface area contributed by atoms with Gasteiger partial charge < -0.3 is 9.84 Å². The van der Waals surface area contributed by atoms with Gasteiger partial charge in [-0.2, -0.15) is 0 Å². The normalized spacial score (nSPS) is 11.6. The van der Waals surface area contributed by atoms with Crippen molar-refractivity contribution in [1.29, 1.82) is 0 Å². The number of methoxy groups -OCH3 is 1. The number of carbonyl (C=O) groups is 1. The molecule has 1 rings (SSSR count). The topological polar surface area (TPSA) is 83.9 Å². The SMILES string of the molecule is COC(=O)c1cccc(S(=O)(=O)N(C)CCCCCO)c1. The van der Waals surface area contributed by atoms with E-state index >= 15 is 0 Å². The van der Waals surface area contributed by atoms with Gasteiger partial charge >= 0.3 is 5.97 Å². The quantitative estimate of drug-likeness (QED) is 0.576. The fourth-order valence-corrected chi connectivity index (χ4v) is 3.08. The lowest BCUT2D eigenvalue weighted by Gasteiger charge is -2.17. The van der Waals surface area contributed by atoms with E-state index in [1.54, 1.807) is 0 Å². The Morgan fingerprint density at radius 2 is 2.00 bits per heavy atom. The summed E-state index contributed by atoms with van der Waals surface area (Å²) in [7, 11) is -0.881. The van der Waals surface area contributed by atoms with Crippen LogP contribution in [0.25, 0.3) is 0 Å². The summed E-state index contributed by atoms with van der Waals surface area (Å²) in [6, 6.07) is 5.78. The number of rotatable bonds is 8. The number of ether oxygens (including phenoxy) is 1. The summed E-state index contributed by atoms with van der Waals surface area (Å²) in [6.07, 6.45) is 2.09. The smallest absolute Gasteiger partial charge is 0.337 e. The number of esters is 1. The van der Waals surface area contributed by atoms with Gasteiger partial charge in [-0.1, -0.05) is 6.07 Å². The van der Waals surface area contributed by atoms with Gasteiger partial charge in [0, 0.05) is 20.2 Å². The molecule has 0 bridgehead atoms. The first-order chi connectivity index (χ1) is 9.93. The minimum atomic E-state index is -3.63. The summed E-state index contributed by atoms with van der Waals surface area (Å²) < 4.78 is 30.6. The predicted octanol–water partition coefficient (Wildman–Crippen LogP) is 1.26. The molecule has 0 atom stereocenters. The molecule has 0 aliphatic carbocycles. The van der Waals surface area contributed by atoms with Crippen LogP contribution in [0.15, 0.2) is 29.2 Å². The summed E-state index contributed by atoms with van der Waals surface area (Å²) in [5, 5.41) is 8.70. The van der Waals surface area contributed by atoms with E-state index in [2.05, 4.69) is 4.74 Å². The minimum absolute atomic E-state index is 0.0649. The summed E-state index contributed by atoms with van der Waals surface area (Å²) in [6.45, 7) is 0.475. The molecule has 118 valence electrons. The molecular formula is C14H21NO5S. The van der Waals surface area contributed by atoms with E-state index in [1.165, 1.54) is 42.7 Å². The average Bonchev–Trinajstić information content (AvgIpc) is 2.50. The van der Waals surface area contributed by atoms with Crippen molar-refractivity contribution in [1.82, 2.24) is 4.31 Å². The van der Waals surface area contributed by atoms with Crippen LogP contribution in [0.5, 0.6) is 0 Å². The van der Waals surface area contributed by atoms with Gasteiger partial charge in [0.2, 0.25) is 10.0 Å². The molecule has 7 heteroatoms. The lowest BCUT2D eigenvalue weighted by Crippen LogP contribution is -2.28. The zero-order chi connectivity index (χ0) is 15.9. The van der Waals surface area contributed by atoms with Crippen molar-refractivity contribution in [2.75, 3.05) is 27.3 Å². The zero-order valence-electron chi connectivity index (χ0n) is 12.3. The number of hydrogen-bond acceptors (Lipinski definition) is 5. The van der Waals surface area contributed by atoms with Crippen LogP contribution in [0.1, 0.15) is 29.6 Å². The van der Waals surface area contributed by atoms with Gasteiger partial charge in [0.25, 0.3) is 0 Å². The van der Waals surface area contributed by atoms with Crippen LogP contribution in [-0.4, -0.2) is 51.1 Å². The Labute approximate surface area is 125 Å². The third-order valence-electron chi connectivity index (χ3n) is 3.09. The molecule has 0 spiro atoms. The third kappa shape index (κ3) is 4.80. The Morgan fingerprint density at radius 1 is 1.29 bits per heavy atom. The van der Waals surface area contributed by atoms with Crippen molar-refractivity contribution < 1.29 is 23.1 Å². The number of hydrogen-bond donors (Lipinski definition) is 1. The second-order valence-corrected chi connectivity index (χ2v) is 6.68. The van der Waals surface area contributed by atoms with Gasteiger partial charge in [0.05, 0.1) is 17.6 Å². The summed E-state index contributed by atoms with van der Waals surface area (Å²) >= 11 is 0. The number of benzene rings is 1. The van der Waals surface area contributed by atoms with Crippen LogP contribution in [0.3, 0.4) is 0 Å². The first kappa shape index (κ1) is 17.6. The van der Waals surface area contributed by atoms with Crippen molar-refractivity contribution in [2.24, 2.45) is 0 Å².